The Balaban J connectivity index is 2.42. The summed E-state index contributed by atoms with van der Waals surface area (Å²) >= 11 is 3.27. The van der Waals surface area contributed by atoms with Crippen molar-refractivity contribution in [2.75, 3.05) is 0 Å². The summed E-state index contributed by atoms with van der Waals surface area (Å²) in [6.07, 6.45) is 0. The van der Waals surface area contributed by atoms with Gasteiger partial charge in [0.1, 0.15) is 17.1 Å². The van der Waals surface area contributed by atoms with Crippen LogP contribution in [0.1, 0.15) is 15.9 Å². The SMILES string of the molecule is O=C(O)c1ccc(Br)cc1Oc1ccccc1CO. The Morgan fingerprint density at radius 3 is 2.58 bits per heavy atom. The number of aliphatic hydroxyl groups excluding tert-OH is 1. The van der Waals surface area contributed by atoms with Crippen LogP contribution < -0.4 is 4.74 Å². The summed E-state index contributed by atoms with van der Waals surface area (Å²) in [6.45, 7) is -0.174. The van der Waals surface area contributed by atoms with Gasteiger partial charge in [-0.3, -0.25) is 0 Å². The van der Waals surface area contributed by atoms with Crippen LogP contribution in [0.4, 0.5) is 0 Å². The van der Waals surface area contributed by atoms with Crippen LogP contribution in [-0.4, -0.2) is 16.2 Å². The molecule has 0 bridgehead atoms. The fourth-order valence-electron chi connectivity index (χ4n) is 1.61. The fourth-order valence-corrected chi connectivity index (χ4v) is 1.95. The number of aromatic carboxylic acids is 1. The first-order chi connectivity index (χ1) is 9.11. The summed E-state index contributed by atoms with van der Waals surface area (Å²) in [5.74, 6) is -0.405. The van der Waals surface area contributed by atoms with Crippen molar-refractivity contribution >= 4 is 21.9 Å². The zero-order chi connectivity index (χ0) is 13.8. The first-order valence-electron chi connectivity index (χ1n) is 5.51. The third-order valence-corrected chi connectivity index (χ3v) is 3.03. The fraction of sp³-hybridized carbons (Fsp3) is 0.0714. The van der Waals surface area contributed by atoms with Crippen LogP contribution in [0.2, 0.25) is 0 Å². The number of carbonyl (C=O) groups is 1. The molecule has 5 heteroatoms. The number of ether oxygens (including phenoxy) is 1. The first kappa shape index (κ1) is 13.6. The number of benzene rings is 2. The molecule has 0 fully saturated rings. The Hall–Kier alpha value is -1.85. The number of hydrogen-bond acceptors (Lipinski definition) is 3. The molecule has 0 aliphatic carbocycles. The van der Waals surface area contributed by atoms with Gasteiger partial charge in [-0.25, -0.2) is 4.79 Å². The molecule has 98 valence electrons. The summed E-state index contributed by atoms with van der Waals surface area (Å²) in [6, 6.07) is 11.6. The first-order valence-corrected chi connectivity index (χ1v) is 6.30. The molecule has 0 aromatic heterocycles. The quantitative estimate of drug-likeness (QED) is 0.905. The number of carboxylic acids is 1. The van der Waals surface area contributed by atoms with Crippen molar-refractivity contribution in [1.82, 2.24) is 0 Å². The molecule has 0 radical (unpaired) electrons. The molecule has 0 saturated carbocycles. The number of hydrogen-bond donors (Lipinski definition) is 2. The molecule has 0 aliphatic heterocycles. The van der Waals surface area contributed by atoms with Crippen LogP contribution in [0, 0.1) is 0 Å². The van der Waals surface area contributed by atoms with Crippen molar-refractivity contribution in [3.05, 3.63) is 58.1 Å². The van der Waals surface area contributed by atoms with E-state index < -0.39 is 5.97 Å². The van der Waals surface area contributed by atoms with Crippen molar-refractivity contribution < 1.29 is 19.7 Å². The molecular weight excluding hydrogens is 312 g/mol. The molecule has 0 aliphatic rings. The molecule has 0 atom stereocenters. The topological polar surface area (TPSA) is 66.8 Å². The molecule has 2 aromatic carbocycles. The van der Waals surface area contributed by atoms with Crippen molar-refractivity contribution in [1.29, 1.82) is 0 Å². The van der Waals surface area contributed by atoms with Gasteiger partial charge in [-0.05, 0) is 24.3 Å². The molecule has 2 rings (SSSR count). The Labute approximate surface area is 118 Å². The Kier molecular flexibility index (Phi) is 4.19. The van der Waals surface area contributed by atoms with E-state index in [4.69, 9.17) is 9.84 Å². The number of carboxylic acid groups (broad SMARTS) is 1. The number of rotatable bonds is 4. The van der Waals surface area contributed by atoms with E-state index in [9.17, 15) is 9.90 Å². The predicted octanol–water partition coefficient (Wildman–Crippen LogP) is 3.43. The Morgan fingerprint density at radius 2 is 1.89 bits per heavy atom. The molecule has 0 amide bonds. The van der Waals surface area contributed by atoms with Gasteiger partial charge in [0.2, 0.25) is 0 Å². The lowest BCUT2D eigenvalue weighted by atomic mass is 10.2. The number of aliphatic hydroxyl groups is 1. The molecule has 0 heterocycles. The van der Waals surface area contributed by atoms with E-state index in [0.29, 0.717) is 15.8 Å². The maximum atomic E-state index is 11.1. The van der Waals surface area contributed by atoms with Crippen LogP contribution in [0.25, 0.3) is 0 Å². The van der Waals surface area contributed by atoms with E-state index in [2.05, 4.69) is 15.9 Å². The van der Waals surface area contributed by atoms with Gasteiger partial charge in [0.05, 0.1) is 6.61 Å². The molecule has 0 spiro atoms. The highest BCUT2D eigenvalue weighted by Crippen LogP contribution is 2.30. The highest BCUT2D eigenvalue weighted by atomic mass is 79.9. The van der Waals surface area contributed by atoms with Gasteiger partial charge in [-0.15, -0.1) is 0 Å². The zero-order valence-electron chi connectivity index (χ0n) is 9.84. The molecular formula is C14H11BrO4. The van der Waals surface area contributed by atoms with Gasteiger partial charge in [0, 0.05) is 10.0 Å². The maximum absolute atomic E-state index is 11.1. The standard InChI is InChI=1S/C14H11BrO4/c15-10-5-6-11(14(17)18)13(7-10)19-12-4-2-1-3-9(12)8-16/h1-7,16H,8H2,(H,17,18). The lowest BCUT2D eigenvalue weighted by molar-refractivity contribution is 0.0694. The van der Waals surface area contributed by atoms with Crippen molar-refractivity contribution in [2.45, 2.75) is 6.61 Å². The summed E-state index contributed by atoms with van der Waals surface area (Å²) in [5, 5.41) is 18.3. The molecule has 0 unspecified atom stereocenters. The van der Waals surface area contributed by atoms with E-state index in [0.717, 1.165) is 0 Å². The number of halogens is 1. The van der Waals surface area contributed by atoms with Gasteiger partial charge in [0.25, 0.3) is 0 Å². The van der Waals surface area contributed by atoms with Gasteiger partial charge < -0.3 is 14.9 Å². The monoisotopic (exact) mass is 322 g/mol. The average Bonchev–Trinajstić information content (AvgIpc) is 2.39. The van der Waals surface area contributed by atoms with Crippen molar-refractivity contribution in [3.63, 3.8) is 0 Å². The van der Waals surface area contributed by atoms with Crippen LogP contribution in [-0.2, 0) is 6.61 Å². The van der Waals surface area contributed by atoms with Gasteiger partial charge in [-0.2, -0.15) is 0 Å². The van der Waals surface area contributed by atoms with Crippen molar-refractivity contribution in [2.24, 2.45) is 0 Å². The summed E-state index contributed by atoms with van der Waals surface area (Å²) in [4.78, 5) is 11.1. The van der Waals surface area contributed by atoms with Gasteiger partial charge in [0.15, 0.2) is 0 Å². The Bertz CT molecular complexity index is 610. The minimum absolute atomic E-state index is 0.0657. The lowest BCUT2D eigenvalue weighted by Crippen LogP contribution is -2.01. The normalized spacial score (nSPS) is 10.2. The van der Waals surface area contributed by atoms with Gasteiger partial charge >= 0.3 is 5.97 Å². The lowest BCUT2D eigenvalue weighted by Gasteiger charge is -2.12. The molecule has 0 saturated heterocycles. The average molecular weight is 323 g/mol. The second-order valence-electron chi connectivity index (χ2n) is 3.81. The molecule has 2 N–H and O–H groups in total. The highest BCUT2D eigenvalue weighted by Gasteiger charge is 2.13. The second-order valence-corrected chi connectivity index (χ2v) is 4.73. The minimum Gasteiger partial charge on any atom is -0.478 e. The zero-order valence-corrected chi connectivity index (χ0v) is 11.4. The third kappa shape index (κ3) is 3.13. The smallest absolute Gasteiger partial charge is 0.339 e. The largest absolute Gasteiger partial charge is 0.478 e. The second kappa shape index (κ2) is 5.86. The molecule has 4 nitrogen and oxygen atoms in total. The summed E-state index contributed by atoms with van der Waals surface area (Å²) in [7, 11) is 0. The van der Waals surface area contributed by atoms with Crippen LogP contribution in [0.15, 0.2) is 46.9 Å². The van der Waals surface area contributed by atoms with Crippen LogP contribution >= 0.6 is 15.9 Å². The van der Waals surface area contributed by atoms with E-state index >= 15 is 0 Å². The van der Waals surface area contributed by atoms with Crippen LogP contribution in [0.5, 0.6) is 11.5 Å². The summed E-state index contributed by atoms with van der Waals surface area (Å²) in [5.41, 5.74) is 0.662. The summed E-state index contributed by atoms with van der Waals surface area (Å²) < 4.78 is 6.32. The third-order valence-electron chi connectivity index (χ3n) is 2.54. The Morgan fingerprint density at radius 1 is 1.16 bits per heavy atom. The van der Waals surface area contributed by atoms with E-state index in [1.807, 2.05) is 0 Å². The number of para-hydroxylation sites is 1. The van der Waals surface area contributed by atoms with Crippen molar-refractivity contribution in [3.8, 4) is 11.5 Å². The van der Waals surface area contributed by atoms with Crippen LogP contribution in [0.3, 0.4) is 0 Å². The molecule has 2 aromatic rings. The predicted molar refractivity (Wildman–Crippen MR) is 73.5 cm³/mol. The van der Waals surface area contributed by atoms with E-state index in [1.165, 1.54) is 6.07 Å². The maximum Gasteiger partial charge on any atom is 0.339 e. The highest BCUT2D eigenvalue weighted by molar-refractivity contribution is 9.10. The molecule has 19 heavy (non-hydrogen) atoms. The van der Waals surface area contributed by atoms with Gasteiger partial charge in [-0.1, -0.05) is 34.1 Å². The van der Waals surface area contributed by atoms with E-state index in [-0.39, 0.29) is 17.9 Å². The van der Waals surface area contributed by atoms with E-state index in [1.54, 1.807) is 36.4 Å². The minimum atomic E-state index is -1.07.